The average Bonchev–Trinajstić information content (AvgIpc) is 3.45. The monoisotopic (exact) mass is 408 g/mol. The zero-order valence-corrected chi connectivity index (χ0v) is 19.2. The molecule has 5 heteroatoms. The second kappa shape index (κ2) is 8.18. The first-order valence-electron chi connectivity index (χ1n) is 11.4. The van der Waals surface area contributed by atoms with Crippen LogP contribution in [0.15, 0.2) is 30.3 Å². The number of rotatable bonds is 5. The fraction of sp³-hybridized carbons (Fsp3) is 0.600. The smallest absolute Gasteiger partial charge is 0.272 e. The topological polar surface area (TPSA) is 41.4 Å². The maximum Gasteiger partial charge on any atom is 0.272 e. The van der Waals surface area contributed by atoms with E-state index in [1.54, 1.807) is 0 Å². The third-order valence-electron chi connectivity index (χ3n) is 6.29. The Morgan fingerprint density at radius 1 is 1.07 bits per heavy atom. The first-order chi connectivity index (χ1) is 14.2. The summed E-state index contributed by atoms with van der Waals surface area (Å²) >= 11 is 0. The van der Waals surface area contributed by atoms with Crippen LogP contribution >= 0.6 is 0 Å². The second-order valence-electron chi connectivity index (χ2n) is 10.3. The van der Waals surface area contributed by atoms with Crippen molar-refractivity contribution in [2.75, 3.05) is 26.2 Å². The summed E-state index contributed by atoms with van der Waals surface area (Å²) in [5.41, 5.74) is 4.38. The van der Waals surface area contributed by atoms with Crippen LogP contribution in [0.4, 0.5) is 0 Å². The van der Waals surface area contributed by atoms with Gasteiger partial charge in [0.1, 0.15) is 5.69 Å². The molecule has 1 aliphatic heterocycles. The maximum absolute atomic E-state index is 13.3. The molecule has 0 atom stereocenters. The predicted octanol–water partition coefficient (Wildman–Crippen LogP) is 4.60. The average molecular weight is 409 g/mol. The van der Waals surface area contributed by atoms with E-state index in [4.69, 9.17) is 5.10 Å². The van der Waals surface area contributed by atoms with E-state index in [-0.39, 0.29) is 11.4 Å². The summed E-state index contributed by atoms with van der Waals surface area (Å²) in [6.07, 6.45) is 2.40. The van der Waals surface area contributed by atoms with E-state index in [0.29, 0.717) is 11.8 Å². The van der Waals surface area contributed by atoms with Crippen LogP contribution in [0.25, 0.3) is 0 Å². The van der Waals surface area contributed by atoms with Crippen LogP contribution in [0.3, 0.4) is 0 Å². The quantitative estimate of drug-likeness (QED) is 0.726. The van der Waals surface area contributed by atoms with E-state index in [1.165, 1.54) is 24.0 Å². The van der Waals surface area contributed by atoms with Gasteiger partial charge in [-0.05, 0) is 56.7 Å². The molecule has 2 heterocycles. The molecule has 1 aliphatic carbocycles. The van der Waals surface area contributed by atoms with Crippen molar-refractivity contribution in [3.05, 3.63) is 52.8 Å². The molecule has 1 amide bonds. The molecule has 4 rings (SSSR count). The number of carbonyl (C=O) groups excluding carboxylic acids is 1. The third kappa shape index (κ3) is 4.61. The molecule has 0 radical (unpaired) electrons. The van der Waals surface area contributed by atoms with Gasteiger partial charge in [0.2, 0.25) is 0 Å². The van der Waals surface area contributed by atoms with Crippen LogP contribution < -0.4 is 0 Å². The van der Waals surface area contributed by atoms with Crippen LogP contribution in [-0.2, 0) is 12.1 Å². The summed E-state index contributed by atoms with van der Waals surface area (Å²) in [5, 5.41) is 4.81. The van der Waals surface area contributed by atoms with Gasteiger partial charge >= 0.3 is 0 Å². The third-order valence-corrected chi connectivity index (χ3v) is 6.29. The van der Waals surface area contributed by atoms with Crippen LogP contribution in [0.1, 0.15) is 86.6 Å². The Morgan fingerprint density at radius 2 is 1.70 bits per heavy atom. The maximum atomic E-state index is 13.3. The van der Waals surface area contributed by atoms with E-state index in [1.807, 2.05) is 15.6 Å². The van der Waals surface area contributed by atoms with Crippen molar-refractivity contribution >= 4 is 5.91 Å². The molecule has 1 aromatic carbocycles. The Bertz CT molecular complexity index is 879. The standard InChI is InChI=1S/C25H36N4O/c1-18(2)20-8-6-19(7-9-20)17-27-12-14-28(15-13-27)24(30)23-16-22(21-10-11-21)26-29(23)25(3,4)5/h6-9,16,18,21H,10-15,17H2,1-5H3. The number of amides is 1. The summed E-state index contributed by atoms with van der Waals surface area (Å²) in [6, 6.07) is 11.0. The van der Waals surface area contributed by atoms with Gasteiger partial charge in [0.15, 0.2) is 0 Å². The van der Waals surface area contributed by atoms with Crippen molar-refractivity contribution < 1.29 is 4.79 Å². The molecule has 2 fully saturated rings. The molecular formula is C25H36N4O. The fourth-order valence-electron chi connectivity index (χ4n) is 4.18. The Hall–Kier alpha value is -2.14. The first-order valence-corrected chi connectivity index (χ1v) is 11.4. The zero-order chi connectivity index (χ0) is 21.5. The predicted molar refractivity (Wildman–Crippen MR) is 121 cm³/mol. The fourth-order valence-corrected chi connectivity index (χ4v) is 4.18. The lowest BCUT2D eigenvalue weighted by molar-refractivity contribution is 0.0609. The molecule has 0 spiro atoms. The van der Waals surface area contributed by atoms with Gasteiger partial charge in [0.05, 0.1) is 11.2 Å². The highest BCUT2D eigenvalue weighted by Gasteiger charge is 2.33. The molecule has 30 heavy (non-hydrogen) atoms. The summed E-state index contributed by atoms with van der Waals surface area (Å²) in [4.78, 5) is 17.8. The van der Waals surface area contributed by atoms with Gasteiger partial charge in [-0.3, -0.25) is 14.4 Å². The van der Waals surface area contributed by atoms with Gasteiger partial charge in [-0.1, -0.05) is 38.1 Å². The molecule has 1 saturated heterocycles. The summed E-state index contributed by atoms with van der Waals surface area (Å²) in [5.74, 6) is 1.25. The van der Waals surface area contributed by atoms with Gasteiger partial charge in [0.25, 0.3) is 5.91 Å². The van der Waals surface area contributed by atoms with E-state index in [0.717, 1.165) is 44.1 Å². The summed E-state index contributed by atoms with van der Waals surface area (Å²) in [7, 11) is 0. The number of hydrogen-bond acceptors (Lipinski definition) is 3. The molecular weight excluding hydrogens is 372 g/mol. The minimum Gasteiger partial charge on any atom is -0.335 e. The van der Waals surface area contributed by atoms with E-state index in [9.17, 15) is 4.79 Å². The van der Waals surface area contributed by atoms with Gasteiger partial charge < -0.3 is 4.90 Å². The highest BCUT2D eigenvalue weighted by molar-refractivity contribution is 5.93. The van der Waals surface area contributed by atoms with E-state index < -0.39 is 0 Å². The Morgan fingerprint density at radius 3 is 2.23 bits per heavy atom. The van der Waals surface area contributed by atoms with Gasteiger partial charge in [-0.2, -0.15) is 5.10 Å². The Kier molecular flexibility index (Phi) is 5.75. The van der Waals surface area contributed by atoms with Crippen LogP contribution in [0, 0.1) is 0 Å². The first kappa shape index (κ1) is 21.1. The minimum absolute atomic E-state index is 0.130. The number of hydrogen-bond donors (Lipinski definition) is 0. The second-order valence-corrected chi connectivity index (χ2v) is 10.3. The lowest BCUT2D eigenvalue weighted by Crippen LogP contribution is -2.49. The number of aromatic nitrogens is 2. The van der Waals surface area contributed by atoms with Gasteiger partial charge in [-0.25, -0.2) is 0 Å². The number of carbonyl (C=O) groups is 1. The lowest BCUT2D eigenvalue weighted by Gasteiger charge is -2.35. The molecule has 1 aromatic heterocycles. The molecule has 162 valence electrons. The van der Waals surface area contributed by atoms with Gasteiger partial charge in [0, 0.05) is 38.6 Å². The molecule has 2 aliphatic rings. The molecule has 0 unspecified atom stereocenters. The normalized spacial score (nSPS) is 18.3. The largest absolute Gasteiger partial charge is 0.335 e. The van der Waals surface area contributed by atoms with Crippen molar-refractivity contribution in [2.24, 2.45) is 0 Å². The highest BCUT2D eigenvalue weighted by Crippen LogP contribution is 2.40. The van der Waals surface area contributed by atoms with Crippen LogP contribution in [0.5, 0.6) is 0 Å². The summed E-state index contributed by atoms with van der Waals surface area (Å²) in [6.45, 7) is 15.1. The molecule has 2 aromatic rings. The Balaban J connectivity index is 1.39. The van der Waals surface area contributed by atoms with Crippen molar-refractivity contribution in [1.82, 2.24) is 19.6 Å². The van der Waals surface area contributed by atoms with Crippen molar-refractivity contribution in [3.63, 3.8) is 0 Å². The van der Waals surface area contributed by atoms with Gasteiger partial charge in [-0.15, -0.1) is 0 Å². The van der Waals surface area contributed by atoms with Crippen molar-refractivity contribution in [1.29, 1.82) is 0 Å². The lowest BCUT2D eigenvalue weighted by atomic mass is 10.0. The van der Waals surface area contributed by atoms with Crippen LogP contribution in [0.2, 0.25) is 0 Å². The minimum atomic E-state index is -0.192. The number of benzene rings is 1. The summed E-state index contributed by atoms with van der Waals surface area (Å²) < 4.78 is 1.95. The molecule has 5 nitrogen and oxygen atoms in total. The number of nitrogens with zero attached hydrogens (tertiary/aromatic N) is 4. The molecule has 0 bridgehead atoms. The van der Waals surface area contributed by atoms with E-state index in [2.05, 4.69) is 63.8 Å². The number of piperazine rings is 1. The SMILES string of the molecule is CC(C)c1ccc(CN2CCN(C(=O)c3cc(C4CC4)nn3C(C)(C)C)CC2)cc1. The van der Waals surface area contributed by atoms with Crippen molar-refractivity contribution in [2.45, 2.75) is 71.4 Å². The highest BCUT2D eigenvalue weighted by atomic mass is 16.2. The molecule has 0 N–H and O–H groups in total. The van der Waals surface area contributed by atoms with Crippen molar-refractivity contribution in [3.8, 4) is 0 Å². The zero-order valence-electron chi connectivity index (χ0n) is 19.2. The van der Waals surface area contributed by atoms with Crippen LogP contribution in [-0.4, -0.2) is 51.7 Å². The van der Waals surface area contributed by atoms with E-state index >= 15 is 0 Å². The Labute approximate surface area is 181 Å². The molecule has 1 saturated carbocycles.